The van der Waals surface area contributed by atoms with Crippen molar-refractivity contribution in [2.45, 2.75) is 45.4 Å². The van der Waals surface area contributed by atoms with Crippen LogP contribution in [0, 0.1) is 12.3 Å². The Labute approximate surface area is 198 Å². The normalized spacial score (nSPS) is 13.3. The molecule has 4 rings (SSSR count). The number of nitrogens with two attached hydrogens (primary N) is 1. The van der Waals surface area contributed by atoms with Crippen LogP contribution in [0.2, 0.25) is 0 Å². The van der Waals surface area contributed by atoms with E-state index in [1.807, 2.05) is 23.6 Å². The van der Waals surface area contributed by atoms with Crippen LogP contribution < -0.4 is 5.73 Å². The quantitative estimate of drug-likeness (QED) is 0.367. The molecule has 0 bridgehead atoms. The molecule has 176 valence electrons. The average Bonchev–Trinajstić information content (AvgIpc) is 3.41. The first kappa shape index (κ1) is 23.4. The van der Waals surface area contributed by atoms with E-state index in [4.69, 9.17) is 26.8 Å². The monoisotopic (exact) mass is 459 g/mol. The van der Waals surface area contributed by atoms with Crippen molar-refractivity contribution in [3.05, 3.63) is 53.3 Å². The summed E-state index contributed by atoms with van der Waals surface area (Å²) in [7, 11) is 2.07. The van der Waals surface area contributed by atoms with Gasteiger partial charge in [0.05, 0.1) is 16.9 Å². The summed E-state index contributed by atoms with van der Waals surface area (Å²) in [5.41, 5.74) is 9.24. The van der Waals surface area contributed by atoms with E-state index in [9.17, 15) is 5.11 Å². The minimum atomic E-state index is -1.36. The molecule has 1 unspecified atom stereocenters. The molecule has 4 aromatic rings. The molecule has 0 aliphatic rings. The first-order chi connectivity index (χ1) is 16.3. The van der Waals surface area contributed by atoms with E-state index < -0.39 is 5.60 Å². The molecule has 0 amide bonds. The Morgan fingerprint density at radius 3 is 2.65 bits per heavy atom. The molecule has 0 aliphatic carbocycles. The van der Waals surface area contributed by atoms with Crippen molar-refractivity contribution in [2.24, 2.45) is 0 Å². The van der Waals surface area contributed by atoms with Gasteiger partial charge in [-0.1, -0.05) is 36.3 Å². The van der Waals surface area contributed by atoms with Gasteiger partial charge in [-0.25, -0.2) is 9.61 Å². The number of hydrogen-bond acceptors (Lipinski definition) is 8. The maximum atomic E-state index is 10.6. The van der Waals surface area contributed by atoms with Crippen LogP contribution in [-0.2, 0) is 25.9 Å². The molecule has 1 aromatic carbocycles. The lowest BCUT2D eigenvalue weighted by atomic mass is 10.00. The second-order valence-electron chi connectivity index (χ2n) is 8.67. The van der Waals surface area contributed by atoms with Gasteiger partial charge in [-0.05, 0) is 49.3 Å². The van der Waals surface area contributed by atoms with Gasteiger partial charge in [0, 0.05) is 26.1 Å². The van der Waals surface area contributed by atoms with Gasteiger partial charge < -0.3 is 20.3 Å². The Bertz CT molecular complexity index is 1320. The number of aromatic nitrogens is 5. The third-order valence-corrected chi connectivity index (χ3v) is 5.78. The summed E-state index contributed by atoms with van der Waals surface area (Å²) >= 11 is 0. The maximum Gasteiger partial charge on any atom is 0.199 e. The second kappa shape index (κ2) is 9.63. The van der Waals surface area contributed by atoms with Gasteiger partial charge in [0.25, 0.3) is 0 Å². The van der Waals surface area contributed by atoms with Gasteiger partial charge in [-0.3, -0.25) is 4.98 Å². The number of terminal acetylenes is 1. The van der Waals surface area contributed by atoms with Crippen LogP contribution in [-0.4, -0.2) is 54.0 Å². The average molecular weight is 460 g/mol. The zero-order valence-corrected chi connectivity index (χ0v) is 19.7. The zero-order chi connectivity index (χ0) is 24.3. The second-order valence-corrected chi connectivity index (χ2v) is 8.67. The Kier molecular flexibility index (Phi) is 6.63. The Hall–Kier alpha value is -3.74. The fourth-order valence-electron chi connectivity index (χ4n) is 3.99. The SMILES string of the molecule is C#CC(C)(O)Cc1nc(CN(C)CCc2ccccc2)cc2c1nc(-c1nonc1N)n2CC. The highest BCUT2D eigenvalue weighted by Gasteiger charge is 2.25. The predicted octanol–water partition coefficient (Wildman–Crippen LogP) is 2.68. The van der Waals surface area contributed by atoms with Gasteiger partial charge in [-0.2, -0.15) is 0 Å². The highest BCUT2D eigenvalue weighted by atomic mass is 16.6. The van der Waals surface area contributed by atoms with Crippen LogP contribution in [0.1, 0.15) is 30.8 Å². The lowest BCUT2D eigenvalue weighted by molar-refractivity contribution is 0.122. The number of imidazole rings is 1. The first-order valence-corrected chi connectivity index (χ1v) is 11.2. The molecule has 3 N–H and O–H groups in total. The predicted molar refractivity (Wildman–Crippen MR) is 131 cm³/mol. The van der Waals surface area contributed by atoms with Crippen LogP contribution >= 0.6 is 0 Å². The summed E-state index contributed by atoms with van der Waals surface area (Å²) in [6, 6.07) is 12.4. The van der Waals surface area contributed by atoms with Crippen molar-refractivity contribution < 1.29 is 9.74 Å². The number of hydrogen-bond donors (Lipinski definition) is 2. The zero-order valence-electron chi connectivity index (χ0n) is 19.7. The lowest BCUT2D eigenvalue weighted by Gasteiger charge is -2.19. The Morgan fingerprint density at radius 2 is 2.00 bits per heavy atom. The Morgan fingerprint density at radius 1 is 1.24 bits per heavy atom. The Balaban J connectivity index is 1.72. The van der Waals surface area contributed by atoms with Gasteiger partial charge >= 0.3 is 0 Å². The molecule has 34 heavy (non-hydrogen) atoms. The molecule has 0 spiro atoms. The summed E-state index contributed by atoms with van der Waals surface area (Å²) in [6.07, 6.45) is 6.66. The number of likely N-dealkylation sites (N-methyl/N-ethyl adjacent to an activating group) is 1. The summed E-state index contributed by atoms with van der Waals surface area (Å²) in [4.78, 5) is 11.8. The number of aryl methyl sites for hydroxylation is 1. The summed E-state index contributed by atoms with van der Waals surface area (Å²) in [6.45, 7) is 5.73. The molecule has 3 heterocycles. The minimum absolute atomic E-state index is 0.161. The van der Waals surface area contributed by atoms with Crippen molar-refractivity contribution in [1.29, 1.82) is 0 Å². The number of aliphatic hydroxyl groups is 1. The summed E-state index contributed by atoms with van der Waals surface area (Å²) < 4.78 is 6.79. The van der Waals surface area contributed by atoms with E-state index in [0.717, 1.165) is 24.2 Å². The smallest absolute Gasteiger partial charge is 0.199 e. The van der Waals surface area contributed by atoms with Crippen LogP contribution in [0.4, 0.5) is 5.82 Å². The van der Waals surface area contributed by atoms with Crippen LogP contribution in [0.3, 0.4) is 0 Å². The number of pyridine rings is 1. The van der Waals surface area contributed by atoms with Crippen molar-refractivity contribution in [1.82, 2.24) is 29.7 Å². The topological polar surface area (TPSA) is 119 Å². The third kappa shape index (κ3) is 4.93. The number of anilines is 1. The van der Waals surface area contributed by atoms with E-state index in [2.05, 4.69) is 52.4 Å². The van der Waals surface area contributed by atoms with Crippen LogP contribution in [0.25, 0.3) is 22.6 Å². The van der Waals surface area contributed by atoms with E-state index in [0.29, 0.717) is 35.8 Å². The molecular weight excluding hydrogens is 430 g/mol. The fraction of sp³-hybridized carbons (Fsp3) is 0.360. The van der Waals surface area contributed by atoms with E-state index in [1.54, 1.807) is 6.92 Å². The standard InChI is InChI=1S/C25H29N7O2/c1-5-25(3,33)15-19-21-20(32(6-2)24(28-21)22-23(26)30-34-29-22)14-18(27-19)16-31(4)13-12-17-10-8-7-9-11-17/h1,7-11,14,33H,6,12-13,15-16H2,2-4H3,(H2,26,30). The van der Waals surface area contributed by atoms with Crippen LogP contribution in [0.15, 0.2) is 41.0 Å². The van der Waals surface area contributed by atoms with Gasteiger partial charge in [0.2, 0.25) is 0 Å². The lowest BCUT2D eigenvalue weighted by Crippen LogP contribution is -2.26. The third-order valence-electron chi connectivity index (χ3n) is 5.78. The largest absolute Gasteiger partial charge is 0.379 e. The molecule has 0 aliphatic heterocycles. The van der Waals surface area contributed by atoms with Gasteiger partial charge in [0.1, 0.15) is 11.1 Å². The molecule has 1 atom stereocenters. The van der Waals surface area contributed by atoms with E-state index in [1.165, 1.54) is 5.56 Å². The number of rotatable bonds is 9. The summed E-state index contributed by atoms with van der Waals surface area (Å²) in [5, 5.41) is 18.2. The maximum absolute atomic E-state index is 10.6. The minimum Gasteiger partial charge on any atom is -0.379 e. The molecule has 0 fully saturated rings. The van der Waals surface area contributed by atoms with Crippen molar-refractivity contribution in [3.8, 4) is 23.9 Å². The van der Waals surface area contributed by atoms with Gasteiger partial charge in [0.15, 0.2) is 17.3 Å². The number of nitrogens with zero attached hydrogens (tertiary/aromatic N) is 6. The molecule has 0 saturated carbocycles. The van der Waals surface area contributed by atoms with E-state index in [-0.39, 0.29) is 12.2 Å². The molecule has 9 heteroatoms. The van der Waals surface area contributed by atoms with Crippen molar-refractivity contribution in [3.63, 3.8) is 0 Å². The highest BCUT2D eigenvalue weighted by Crippen LogP contribution is 2.30. The summed E-state index contributed by atoms with van der Waals surface area (Å²) in [5.74, 6) is 3.14. The number of benzene rings is 1. The molecule has 0 saturated heterocycles. The molecule has 9 nitrogen and oxygen atoms in total. The van der Waals surface area contributed by atoms with Crippen molar-refractivity contribution in [2.75, 3.05) is 19.3 Å². The number of nitrogen functional groups attached to an aromatic ring is 1. The molecular formula is C25H29N7O2. The molecule has 0 radical (unpaired) electrons. The van der Waals surface area contributed by atoms with Gasteiger partial charge in [-0.15, -0.1) is 6.42 Å². The fourth-order valence-corrected chi connectivity index (χ4v) is 3.99. The van der Waals surface area contributed by atoms with E-state index >= 15 is 0 Å². The highest BCUT2D eigenvalue weighted by molar-refractivity contribution is 5.84. The number of fused-ring (bicyclic) bond motifs is 1. The van der Waals surface area contributed by atoms with Crippen LogP contribution in [0.5, 0.6) is 0 Å². The molecule has 3 aromatic heterocycles. The van der Waals surface area contributed by atoms with Crippen molar-refractivity contribution >= 4 is 16.9 Å². The first-order valence-electron chi connectivity index (χ1n) is 11.2.